The molecule has 0 aliphatic heterocycles. The van der Waals surface area contributed by atoms with Crippen LogP contribution in [0.2, 0.25) is 0 Å². The van der Waals surface area contributed by atoms with Crippen LogP contribution < -0.4 is 5.32 Å². The quantitative estimate of drug-likeness (QED) is 0.786. The lowest BCUT2D eigenvalue weighted by Crippen LogP contribution is -2.18. The maximum absolute atomic E-state index is 5.07. The molecule has 2 rings (SSSR count). The third kappa shape index (κ3) is 4.13. The van der Waals surface area contributed by atoms with Crippen molar-refractivity contribution in [2.45, 2.75) is 33.2 Å². The van der Waals surface area contributed by atoms with Crippen LogP contribution in [0.25, 0.3) is 10.6 Å². The van der Waals surface area contributed by atoms with Gasteiger partial charge in [-0.05, 0) is 18.4 Å². The van der Waals surface area contributed by atoms with Gasteiger partial charge in [0.05, 0.1) is 12.3 Å². The summed E-state index contributed by atoms with van der Waals surface area (Å²) in [5.74, 6) is 0.443. The summed E-state index contributed by atoms with van der Waals surface area (Å²) in [5.41, 5.74) is 3.73. The molecule has 1 aromatic carbocycles. The summed E-state index contributed by atoms with van der Waals surface area (Å²) < 4.78 is 5.07. The van der Waals surface area contributed by atoms with Crippen molar-refractivity contribution in [2.24, 2.45) is 0 Å². The SMILES string of the molecule is COCCNCc1sc(-c2ccccc2C)nc1C(C)C. The molecule has 0 spiro atoms. The maximum Gasteiger partial charge on any atom is 0.124 e. The number of hydrogen-bond donors (Lipinski definition) is 1. The first-order valence-corrected chi connectivity index (χ1v) is 8.20. The molecule has 0 saturated carbocycles. The third-order valence-corrected chi connectivity index (χ3v) is 4.52. The lowest BCUT2D eigenvalue weighted by molar-refractivity contribution is 0.199. The monoisotopic (exact) mass is 304 g/mol. The van der Waals surface area contributed by atoms with E-state index in [9.17, 15) is 0 Å². The number of thiazole rings is 1. The molecule has 2 aromatic rings. The summed E-state index contributed by atoms with van der Waals surface area (Å²) >= 11 is 1.80. The van der Waals surface area contributed by atoms with Crippen LogP contribution in [0.15, 0.2) is 24.3 Å². The summed E-state index contributed by atoms with van der Waals surface area (Å²) in [6.07, 6.45) is 0. The van der Waals surface area contributed by atoms with Gasteiger partial charge in [0.1, 0.15) is 5.01 Å². The first-order valence-electron chi connectivity index (χ1n) is 7.38. The summed E-state index contributed by atoms with van der Waals surface area (Å²) in [6.45, 7) is 9.01. The predicted molar refractivity (Wildman–Crippen MR) is 90.0 cm³/mol. The fraction of sp³-hybridized carbons (Fsp3) is 0.471. The van der Waals surface area contributed by atoms with Crippen molar-refractivity contribution < 1.29 is 4.74 Å². The number of hydrogen-bond acceptors (Lipinski definition) is 4. The van der Waals surface area contributed by atoms with Gasteiger partial charge in [-0.1, -0.05) is 38.1 Å². The van der Waals surface area contributed by atoms with Gasteiger partial charge >= 0.3 is 0 Å². The van der Waals surface area contributed by atoms with Crippen LogP contribution in [-0.2, 0) is 11.3 Å². The largest absolute Gasteiger partial charge is 0.383 e. The Balaban J connectivity index is 2.23. The van der Waals surface area contributed by atoms with Crippen LogP contribution in [0.3, 0.4) is 0 Å². The fourth-order valence-electron chi connectivity index (χ4n) is 2.25. The first kappa shape index (κ1) is 16.1. The normalized spacial score (nSPS) is 11.3. The van der Waals surface area contributed by atoms with E-state index in [0.717, 1.165) is 24.7 Å². The molecule has 0 atom stereocenters. The van der Waals surface area contributed by atoms with Crippen molar-refractivity contribution in [1.82, 2.24) is 10.3 Å². The van der Waals surface area contributed by atoms with Gasteiger partial charge in [0, 0.05) is 30.6 Å². The molecule has 0 radical (unpaired) electrons. The second kappa shape index (κ2) is 7.69. The standard InChI is InChI=1S/C17H24N2OS/c1-12(2)16-15(11-18-9-10-20-4)21-17(19-16)14-8-6-5-7-13(14)3/h5-8,12,18H,9-11H2,1-4H3. The Morgan fingerprint density at radius 2 is 2.05 bits per heavy atom. The number of nitrogens with one attached hydrogen (secondary N) is 1. The van der Waals surface area contributed by atoms with Gasteiger partial charge < -0.3 is 10.1 Å². The van der Waals surface area contributed by atoms with Crippen molar-refractivity contribution in [3.05, 3.63) is 40.4 Å². The zero-order chi connectivity index (χ0) is 15.2. The average molecular weight is 304 g/mol. The number of methoxy groups -OCH3 is 1. The molecule has 1 N–H and O–H groups in total. The molecule has 4 heteroatoms. The lowest BCUT2D eigenvalue weighted by Gasteiger charge is -2.06. The van der Waals surface area contributed by atoms with Gasteiger partial charge in [0.15, 0.2) is 0 Å². The van der Waals surface area contributed by atoms with Crippen LogP contribution in [0.4, 0.5) is 0 Å². The Morgan fingerprint density at radius 1 is 1.29 bits per heavy atom. The molecule has 0 aliphatic rings. The molecule has 0 saturated heterocycles. The summed E-state index contributed by atoms with van der Waals surface area (Å²) in [4.78, 5) is 6.22. The highest BCUT2D eigenvalue weighted by Gasteiger charge is 2.15. The van der Waals surface area contributed by atoms with Crippen LogP contribution in [-0.4, -0.2) is 25.2 Å². The van der Waals surface area contributed by atoms with E-state index >= 15 is 0 Å². The second-order valence-corrected chi connectivity index (χ2v) is 6.55. The van der Waals surface area contributed by atoms with E-state index in [1.807, 2.05) is 0 Å². The molecule has 0 amide bonds. The van der Waals surface area contributed by atoms with Crippen LogP contribution in [0, 0.1) is 6.92 Å². The maximum atomic E-state index is 5.07. The molecule has 114 valence electrons. The Bertz CT molecular complexity index is 578. The second-order valence-electron chi connectivity index (χ2n) is 5.47. The molecule has 3 nitrogen and oxygen atoms in total. The van der Waals surface area contributed by atoms with Crippen molar-refractivity contribution >= 4 is 11.3 Å². The van der Waals surface area contributed by atoms with Crippen LogP contribution >= 0.6 is 11.3 Å². The average Bonchev–Trinajstić information content (AvgIpc) is 2.88. The van der Waals surface area contributed by atoms with E-state index in [-0.39, 0.29) is 0 Å². The smallest absolute Gasteiger partial charge is 0.124 e. The third-order valence-electron chi connectivity index (χ3n) is 3.42. The minimum Gasteiger partial charge on any atom is -0.383 e. The minimum atomic E-state index is 0.443. The molecule has 0 bridgehead atoms. The van der Waals surface area contributed by atoms with E-state index < -0.39 is 0 Å². The lowest BCUT2D eigenvalue weighted by atomic mass is 10.1. The first-order chi connectivity index (χ1) is 10.1. The molecular weight excluding hydrogens is 280 g/mol. The van der Waals surface area contributed by atoms with Crippen molar-refractivity contribution in [1.29, 1.82) is 0 Å². The molecule has 1 heterocycles. The number of aryl methyl sites for hydroxylation is 1. The Morgan fingerprint density at radius 3 is 2.71 bits per heavy atom. The molecule has 0 aliphatic carbocycles. The van der Waals surface area contributed by atoms with Gasteiger partial charge in [-0.3, -0.25) is 0 Å². The number of benzene rings is 1. The van der Waals surface area contributed by atoms with Crippen LogP contribution in [0.1, 0.15) is 35.9 Å². The van der Waals surface area contributed by atoms with E-state index in [4.69, 9.17) is 9.72 Å². The minimum absolute atomic E-state index is 0.443. The van der Waals surface area contributed by atoms with Gasteiger partial charge in [0.2, 0.25) is 0 Å². The number of nitrogens with zero attached hydrogens (tertiary/aromatic N) is 1. The van der Waals surface area contributed by atoms with Crippen molar-refractivity contribution in [3.63, 3.8) is 0 Å². The topological polar surface area (TPSA) is 34.1 Å². The number of aromatic nitrogens is 1. The predicted octanol–water partition coefficient (Wildman–Crippen LogP) is 3.98. The van der Waals surface area contributed by atoms with E-state index in [1.165, 1.54) is 21.7 Å². The van der Waals surface area contributed by atoms with Gasteiger partial charge in [-0.2, -0.15) is 0 Å². The summed E-state index contributed by atoms with van der Waals surface area (Å²) in [5, 5.41) is 4.55. The van der Waals surface area contributed by atoms with Crippen LogP contribution in [0.5, 0.6) is 0 Å². The van der Waals surface area contributed by atoms with E-state index in [2.05, 4.69) is 50.4 Å². The molecule has 1 aromatic heterocycles. The zero-order valence-electron chi connectivity index (χ0n) is 13.3. The van der Waals surface area contributed by atoms with E-state index in [1.54, 1.807) is 18.4 Å². The van der Waals surface area contributed by atoms with Crippen molar-refractivity contribution in [2.75, 3.05) is 20.3 Å². The van der Waals surface area contributed by atoms with Gasteiger partial charge in [0.25, 0.3) is 0 Å². The molecule has 0 fully saturated rings. The summed E-state index contributed by atoms with van der Waals surface area (Å²) in [6, 6.07) is 8.45. The fourth-order valence-corrected chi connectivity index (χ4v) is 3.52. The number of ether oxygens (including phenoxy) is 1. The molecule has 0 unspecified atom stereocenters. The van der Waals surface area contributed by atoms with Crippen molar-refractivity contribution in [3.8, 4) is 10.6 Å². The Hall–Kier alpha value is -1.23. The van der Waals surface area contributed by atoms with E-state index in [0.29, 0.717) is 5.92 Å². The highest BCUT2D eigenvalue weighted by Crippen LogP contribution is 2.33. The highest BCUT2D eigenvalue weighted by molar-refractivity contribution is 7.15. The Labute approximate surface area is 131 Å². The van der Waals surface area contributed by atoms with Gasteiger partial charge in [-0.25, -0.2) is 4.98 Å². The van der Waals surface area contributed by atoms with Gasteiger partial charge in [-0.15, -0.1) is 11.3 Å². The Kier molecular flexibility index (Phi) is 5.91. The molecular formula is C17H24N2OS. The molecule has 21 heavy (non-hydrogen) atoms. The highest BCUT2D eigenvalue weighted by atomic mass is 32.1. The number of rotatable bonds is 7. The summed E-state index contributed by atoms with van der Waals surface area (Å²) in [7, 11) is 1.73. The zero-order valence-corrected chi connectivity index (χ0v) is 14.1.